The van der Waals surface area contributed by atoms with E-state index in [0.29, 0.717) is 46.3 Å². The van der Waals surface area contributed by atoms with E-state index in [1.165, 1.54) is 17.8 Å². The van der Waals surface area contributed by atoms with Gasteiger partial charge < -0.3 is 15.2 Å². The second-order valence-electron chi connectivity index (χ2n) is 10.4. The van der Waals surface area contributed by atoms with E-state index >= 15 is 0 Å². The number of fused-ring (bicyclic) bond motifs is 1. The molecule has 0 spiro atoms. The number of aromatic nitrogens is 2. The molecule has 1 aromatic heterocycles. The lowest BCUT2D eigenvalue weighted by Gasteiger charge is -2.38. The molecular weight excluding hydrogens is 475 g/mol. The molecule has 186 valence electrons. The maximum Gasteiger partial charge on any atom is 0.257 e. The van der Waals surface area contributed by atoms with Gasteiger partial charge in [-0.2, -0.15) is 0 Å². The van der Waals surface area contributed by atoms with E-state index in [9.17, 15) is 14.0 Å². The summed E-state index contributed by atoms with van der Waals surface area (Å²) in [6.07, 6.45) is 1.11. The quantitative estimate of drug-likeness (QED) is 0.355. The number of halogens is 1. The molecule has 2 aromatic carbocycles. The average molecular weight is 505 g/mol. The number of Topliss-reactive ketones (excluding diaryl/α,β-unsaturated/α-hetero) is 1. The number of H-pyrrole nitrogens is 1. The van der Waals surface area contributed by atoms with E-state index < -0.39 is 5.92 Å². The minimum atomic E-state index is -0.502. The molecule has 6 nitrogen and oxygen atoms in total. The maximum absolute atomic E-state index is 14.1. The Balaban J connectivity index is 1.58. The van der Waals surface area contributed by atoms with Crippen molar-refractivity contribution in [1.29, 1.82) is 0 Å². The summed E-state index contributed by atoms with van der Waals surface area (Å²) >= 11 is 1.27. The van der Waals surface area contributed by atoms with Crippen molar-refractivity contribution in [1.82, 2.24) is 9.97 Å². The van der Waals surface area contributed by atoms with E-state index in [4.69, 9.17) is 4.98 Å². The lowest BCUT2D eigenvalue weighted by molar-refractivity contribution is -0.118. The zero-order valence-corrected chi connectivity index (χ0v) is 21.6. The fourth-order valence-corrected chi connectivity index (χ4v) is 5.87. The highest BCUT2D eigenvalue weighted by molar-refractivity contribution is 7.98. The number of thioether (sulfide) groups is 1. The van der Waals surface area contributed by atoms with Crippen molar-refractivity contribution in [3.8, 4) is 0 Å². The van der Waals surface area contributed by atoms with Gasteiger partial charge in [-0.05, 0) is 41.2 Å². The smallest absolute Gasteiger partial charge is 0.257 e. The predicted octanol–water partition coefficient (Wildman–Crippen LogP) is 5.47. The number of nitrogens with zero attached hydrogens (tertiary/aromatic N) is 2. The summed E-state index contributed by atoms with van der Waals surface area (Å²) in [5, 5.41) is 3.74. The van der Waals surface area contributed by atoms with Crippen LogP contribution < -0.4 is 15.8 Å². The molecule has 0 saturated carbocycles. The topological polar surface area (TPSA) is 78.1 Å². The van der Waals surface area contributed by atoms with Gasteiger partial charge in [0.1, 0.15) is 11.6 Å². The lowest BCUT2D eigenvalue weighted by Crippen LogP contribution is -2.37. The summed E-state index contributed by atoms with van der Waals surface area (Å²) in [6.45, 7) is 4.15. The van der Waals surface area contributed by atoms with Crippen molar-refractivity contribution in [2.45, 2.75) is 43.5 Å². The van der Waals surface area contributed by atoms with Crippen LogP contribution in [0.3, 0.4) is 0 Å². The van der Waals surface area contributed by atoms with Crippen molar-refractivity contribution in [2.24, 2.45) is 5.41 Å². The molecule has 8 heteroatoms. The van der Waals surface area contributed by atoms with Crippen molar-refractivity contribution in [3.05, 3.63) is 92.7 Å². The van der Waals surface area contributed by atoms with Crippen molar-refractivity contribution < 1.29 is 9.18 Å². The van der Waals surface area contributed by atoms with E-state index in [1.54, 1.807) is 18.2 Å². The van der Waals surface area contributed by atoms with E-state index in [0.717, 1.165) is 16.9 Å². The summed E-state index contributed by atoms with van der Waals surface area (Å²) in [5.74, 6) is 0.0584. The second kappa shape index (κ2) is 9.24. The van der Waals surface area contributed by atoms with Gasteiger partial charge in [-0.1, -0.05) is 55.9 Å². The predicted molar refractivity (Wildman–Crippen MR) is 142 cm³/mol. The van der Waals surface area contributed by atoms with E-state index in [1.807, 2.05) is 43.3 Å². The molecule has 2 aliphatic rings. The van der Waals surface area contributed by atoms with Crippen LogP contribution in [0.2, 0.25) is 0 Å². The average Bonchev–Trinajstić information content (AvgIpc) is 2.81. The van der Waals surface area contributed by atoms with Gasteiger partial charge in [0.05, 0.1) is 5.56 Å². The molecule has 5 rings (SSSR count). The Morgan fingerprint density at radius 2 is 1.81 bits per heavy atom. The van der Waals surface area contributed by atoms with E-state index in [-0.39, 0.29) is 22.6 Å². The van der Waals surface area contributed by atoms with Crippen LogP contribution >= 0.6 is 11.8 Å². The number of anilines is 2. The van der Waals surface area contributed by atoms with Crippen LogP contribution in [0.15, 0.2) is 69.8 Å². The molecule has 3 aromatic rings. The maximum atomic E-state index is 14.1. The number of hydrogen-bond acceptors (Lipinski definition) is 6. The summed E-state index contributed by atoms with van der Waals surface area (Å²) in [5.41, 5.74) is 3.88. The fraction of sp³-hybridized carbons (Fsp3) is 0.321. The monoisotopic (exact) mass is 504 g/mol. The zero-order chi connectivity index (χ0) is 25.6. The molecule has 1 aliphatic carbocycles. The number of ketones is 1. The molecule has 2 N–H and O–H groups in total. The first-order chi connectivity index (χ1) is 17.1. The van der Waals surface area contributed by atoms with Crippen molar-refractivity contribution in [2.75, 3.05) is 24.3 Å². The summed E-state index contributed by atoms with van der Waals surface area (Å²) < 4.78 is 14.1. The third kappa shape index (κ3) is 4.57. The zero-order valence-electron chi connectivity index (χ0n) is 20.8. The molecule has 0 fully saturated rings. The number of aromatic amines is 1. The highest BCUT2D eigenvalue weighted by Crippen LogP contribution is 2.47. The Bertz CT molecular complexity index is 1430. The van der Waals surface area contributed by atoms with Crippen LogP contribution in [0.25, 0.3) is 0 Å². The molecule has 0 amide bonds. The Morgan fingerprint density at radius 1 is 1.08 bits per heavy atom. The number of benzene rings is 2. The summed E-state index contributed by atoms with van der Waals surface area (Å²) in [7, 11) is 3.94. The Kier molecular flexibility index (Phi) is 6.24. The standard InChI is InChI=1S/C28H29FN4O2S/c1-28(2)13-20-23(21(34)14-28)22(16-9-11-18(12-10-16)33(3)4)24-25(30-20)31-27(32-26(24)35)36-15-17-7-5-6-8-19(17)29/h5-12,22H,13-15H2,1-4H3,(H2,30,31,32,35)/t22-/m0/s1. The highest BCUT2D eigenvalue weighted by Gasteiger charge is 2.42. The fourth-order valence-electron chi connectivity index (χ4n) is 5.02. The van der Waals surface area contributed by atoms with Crippen LogP contribution in [0.1, 0.15) is 49.3 Å². The van der Waals surface area contributed by atoms with Crippen LogP contribution in [0, 0.1) is 11.2 Å². The lowest BCUT2D eigenvalue weighted by atomic mass is 9.69. The first kappa shape index (κ1) is 24.3. The van der Waals surface area contributed by atoms with Crippen molar-refractivity contribution >= 4 is 29.1 Å². The van der Waals surface area contributed by atoms with Gasteiger partial charge >= 0.3 is 0 Å². The van der Waals surface area contributed by atoms with Gasteiger partial charge in [-0.25, -0.2) is 9.37 Å². The van der Waals surface area contributed by atoms with Crippen molar-refractivity contribution in [3.63, 3.8) is 0 Å². The molecule has 1 atom stereocenters. The van der Waals surface area contributed by atoms with Crippen LogP contribution in [-0.4, -0.2) is 29.8 Å². The number of hydrogen-bond donors (Lipinski definition) is 2. The second-order valence-corrected chi connectivity index (χ2v) is 11.4. The number of allylic oxidation sites excluding steroid dienone is 2. The number of carbonyl (C=O) groups is 1. The van der Waals surface area contributed by atoms with Crippen LogP contribution in [0.4, 0.5) is 15.9 Å². The molecule has 0 unspecified atom stereocenters. The van der Waals surface area contributed by atoms with Gasteiger partial charge in [0.2, 0.25) is 0 Å². The Labute approximate surface area is 214 Å². The van der Waals surface area contributed by atoms with Crippen LogP contribution in [0.5, 0.6) is 0 Å². The summed E-state index contributed by atoms with van der Waals surface area (Å²) in [6, 6.07) is 14.5. The third-order valence-electron chi connectivity index (χ3n) is 6.77. The van der Waals surface area contributed by atoms with Gasteiger partial charge in [0, 0.05) is 49.1 Å². The SMILES string of the molecule is CN(C)c1ccc([C@H]2C3=C(CC(C)(C)CC3=O)Nc3nc(SCc4ccccc4F)[nH]c(=O)c32)cc1. The van der Waals surface area contributed by atoms with E-state index in [2.05, 4.69) is 24.1 Å². The van der Waals surface area contributed by atoms with Gasteiger partial charge in [0.15, 0.2) is 10.9 Å². The molecule has 0 bridgehead atoms. The molecule has 0 radical (unpaired) electrons. The van der Waals surface area contributed by atoms with Gasteiger partial charge in [0.25, 0.3) is 5.56 Å². The normalized spacial score (nSPS) is 18.4. The van der Waals surface area contributed by atoms with Crippen LogP contribution in [-0.2, 0) is 10.5 Å². The highest BCUT2D eigenvalue weighted by atomic mass is 32.2. The number of rotatable bonds is 5. The minimum Gasteiger partial charge on any atom is -0.378 e. The molecule has 0 saturated heterocycles. The first-order valence-corrected chi connectivity index (χ1v) is 12.9. The summed E-state index contributed by atoms with van der Waals surface area (Å²) in [4.78, 5) is 36.5. The number of nitrogens with one attached hydrogen (secondary N) is 2. The van der Waals surface area contributed by atoms with Gasteiger partial charge in [-0.15, -0.1) is 0 Å². The molecular formula is C28H29FN4O2S. The minimum absolute atomic E-state index is 0.0542. The Morgan fingerprint density at radius 3 is 2.50 bits per heavy atom. The van der Waals surface area contributed by atoms with Gasteiger partial charge in [-0.3, -0.25) is 9.59 Å². The Hall–Kier alpha value is -3.39. The third-order valence-corrected chi connectivity index (χ3v) is 7.69. The first-order valence-electron chi connectivity index (χ1n) is 11.9. The molecule has 36 heavy (non-hydrogen) atoms. The largest absolute Gasteiger partial charge is 0.378 e. The molecule has 1 aliphatic heterocycles. The number of carbonyl (C=O) groups excluding carboxylic acids is 1. The molecule has 2 heterocycles.